The minimum atomic E-state index is -0.243. The second-order valence-corrected chi connectivity index (χ2v) is 5.69. The van der Waals surface area contributed by atoms with E-state index in [1.807, 2.05) is 31.2 Å². The molecule has 4 rings (SSSR count). The third-order valence-corrected chi connectivity index (χ3v) is 4.58. The van der Waals surface area contributed by atoms with E-state index in [1.54, 1.807) is 0 Å². The van der Waals surface area contributed by atoms with Crippen molar-refractivity contribution in [1.29, 1.82) is 0 Å². The van der Waals surface area contributed by atoms with Crippen molar-refractivity contribution < 1.29 is 14.3 Å². The molecule has 3 fully saturated rings. The van der Waals surface area contributed by atoms with Gasteiger partial charge < -0.3 is 4.74 Å². The van der Waals surface area contributed by atoms with Crippen LogP contribution in [0.2, 0.25) is 0 Å². The molecule has 0 spiro atoms. The molecule has 3 saturated heterocycles. The molecule has 1 aromatic carbocycles. The van der Waals surface area contributed by atoms with E-state index in [0.29, 0.717) is 5.69 Å². The minimum absolute atomic E-state index is 0.0399. The molecule has 0 saturated carbocycles. The molecule has 4 atom stereocenters. The lowest BCUT2D eigenvalue weighted by molar-refractivity contribution is -0.124. The Bertz CT molecular complexity index is 537. The van der Waals surface area contributed by atoms with Crippen LogP contribution in [0, 0.1) is 18.8 Å². The lowest BCUT2D eigenvalue weighted by atomic mass is 9.81. The molecule has 0 N–H and O–H groups in total. The van der Waals surface area contributed by atoms with Crippen LogP contribution in [0.15, 0.2) is 24.3 Å². The number of hydrogen-bond donors (Lipinski definition) is 0. The quantitative estimate of drug-likeness (QED) is 0.719. The van der Waals surface area contributed by atoms with Crippen molar-refractivity contribution in [2.75, 3.05) is 4.90 Å². The Morgan fingerprint density at radius 2 is 1.53 bits per heavy atom. The van der Waals surface area contributed by atoms with E-state index < -0.39 is 0 Å². The average Bonchev–Trinajstić information content (AvgIpc) is 3.06. The predicted octanol–water partition coefficient (Wildman–Crippen LogP) is 1.66. The molecule has 4 nitrogen and oxygen atoms in total. The van der Waals surface area contributed by atoms with E-state index in [2.05, 4.69) is 0 Å². The highest BCUT2D eigenvalue weighted by Crippen LogP contribution is 2.49. The van der Waals surface area contributed by atoms with Crippen LogP contribution >= 0.6 is 0 Å². The standard InChI is InChI=1S/C15H15NO3/c1-8-2-4-9(5-3-8)16-14(17)12-10-6-7-11(19-10)13(12)15(16)18/h2-5,10-13H,6-7H2,1H3/t10-,11-,12-,13+/m1/s1. The molecule has 0 aliphatic carbocycles. The summed E-state index contributed by atoms with van der Waals surface area (Å²) in [5.41, 5.74) is 1.81. The van der Waals surface area contributed by atoms with E-state index in [0.717, 1.165) is 18.4 Å². The summed E-state index contributed by atoms with van der Waals surface area (Å²) in [5.74, 6) is -0.641. The molecule has 1 aromatic rings. The molecule has 19 heavy (non-hydrogen) atoms. The normalized spacial score (nSPS) is 36.2. The second kappa shape index (κ2) is 3.67. The summed E-state index contributed by atoms with van der Waals surface area (Å²) >= 11 is 0. The number of carbonyl (C=O) groups excluding carboxylic acids is 2. The first kappa shape index (κ1) is 11.2. The highest BCUT2D eigenvalue weighted by molar-refractivity contribution is 6.22. The topological polar surface area (TPSA) is 46.6 Å². The third kappa shape index (κ3) is 1.38. The lowest BCUT2D eigenvalue weighted by Crippen LogP contribution is -2.34. The van der Waals surface area contributed by atoms with Crippen LogP contribution in [-0.2, 0) is 14.3 Å². The van der Waals surface area contributed by atoms with Crippen molar-refractivity contribution in [3.05, 3.63) is 29.8 Å². The van der Waals surface area contributed by atoms with Crippen molar-refractivity contribution in [2.24, 2.45) is 11.8 Å². The summed E-state index contributed by atoms with van der Waals surface area (Å²) in [5, 5.41) is 0. The minimum Gasteiger partial charge on any atom is -0.373 e. The van der Waals surface area contributed by atoms with E-state index in [-0.39, 0.29) is 35.9 Å². The monoisotopic (exact) mass is 257 g/mol. The first-order valence-corrected chi connectivity index (χ1v) is 6.77. The van der Waals surface area contributed by atoms with Gasteiger partial charge >= 0.3 is 0 Å². The van der Waals surface area contributed by atoms with E-state index >= 15 is 0 Å². The number of amides is 2. The molecular weight excluding hydrogens is 242 g/mol. The Kier molecular flexibility index (Phi) is 2.16. The fraction of sp³-hybridized carbons (Fsp3) is 0.467. The van der Waals surface area contributed by atoms with Crippen LogP contribution in [0.4, 0.5) is 5.69 Å². The van der Waals surface area contributed by atoms with Gasteiger partial charge in [0.15, 0.2) is 0 Å². The lowest BCUT2D eigenvalue weighted by Gasteiger charge is -2.17. The zero-order valence-electron chi connectivity index (χ0n) is 10.7. The molecule has 3 heterocycles. The van der Waals surface area contributed by atoms with Crippen LogP contribution in [-0.4, -0.2) is 24.0 Å². The number of anilines is 1. The molecular formula is C15H15NO3. The van der Waals surface area contributed by atoms with Crippen LogP contribution in [0.3, 0.4) is 0 Å². The Hall–Kier alpha value is -1.68. The van der Waals surface area contributed by atoms with Crippen LogP contribution in [0.1, 0.15) is 18.4 Å². The molecule has 2 bridgehead atoms. The molecule has 2 amide bonds. The third-order valence-electron chi connectivity index (χ3n) is 4.58. The number of rotatable bonds is 1. The Morgan fingerprint density at radius 3 is 2.05 bits per heavy atom. The SMILES string of the molecule is Cc1ccc(N2C(=O)[C@@H]3[C@H](C2=O)[C@H]2CC[C@H]3O2)cc1. The van der Waals surface area contributed by atoms with Gasteiger partial charge in [0, 0.05) is 0 Å². The van der Waals surface area contributed by atoms with Crippen LogP contribution < -0.4 is 4.90 Å². The maximum atomic E-state index is 12.5. The Morgan fingerprint density at radius 1 is 1.00 bits per heavy atom. The van der Waals surface area contributed by atoms with Gasteiger partial charge in [-0.05, 0) is 31.9 Å². The van der Waals surface area contributed by atoms with Gasteiger partial charge in [0.05, 0.1) is 29.7 Å². The highest BCUT2D eigenvalue weighted by atomic mass is 16.5. The highest BCUT2D eigenvalue weighted by Gasteiger charge is 2.62. The van der Waals surface area contributed by atoms with Gasteiger partial charge in [0.2, 0.25) is 11.8 Å². The molecule has 4 heteroatoms. The number of ether oxygens (including phenoxy) is 1. The van der Waals surface area contributed by atoms with Crippen molar-refractivity contribution in [3.63, 3.8) is 0 Å². The summed E-state index contributed by atoms with van der Waals surface area (Å²) in [6.07, 6.45) is 1.74. The fourth-order valence-electron chi connectivity index (χ4n) is 3.66. The smallest absolute Gasteiger partial charge is 0.240 e. The van der Waals surface area contributed by atoms with E-state index in [1.165, 1.54) is 4.90 Å². The average molecular weight is 257 g/mol. The van der Waals surface area contributed by atoms with E-state index in [9.17, 15) is 9.59 Å². The largest absolute Gasteiger partial charge is 0.373 e. The number of aryl methyl sites for hydroxylation is 1. The maximum absolute atomic E-state index is 12.5. The predicted molar refractivity (Wildman–Crippen MR) is 68.5 cm³/mol. The number of fused-ring (bicyclic) bond motifs is 5. The van der Waals surface area contributed by atoms with Crippen molar-refractivity contribution in [1.82, 2.24) is 0 Å². The molecule has 3 aliphatic heterocycles. The summed E-state index contributed by atoms with van der Waals surface area (Å²) in [6, 6.07) is 7.54. The van der Waals surface area contributed by atoms with Crippen molar-refractivity contribution in [2.45, 2.75) is 32.0 Å². The Balaban J connectivity index is 1.73. The molecule has 0 radical (unpaired) electrons. The number of benzene rings is 1. The number of carbonyl (C=O) groups is 2. The van der Waals surface area contributed by atoms with Crippen LogP contribution in [0.25, 0.3) is 0 Å². The first-order valence-electron chi connectivity index (χ1n) is 6.77. The van der Waals surface area contributed by atoms with Crippen molar-refractivity contribution >= 4 is 17.5 Å². The van der Waals surface area contributed by atoms with Crippen molar-refractivity contribution in [3.8, 4) is 0 Å². The van der Waals surface area contributed by atoms with Gasteiger partial charge in [0.25, 0.3) is 0 Å². The molecule has 0 unspecified atom stereocenters. The summed E-state index contributed by atoms with van der Waals surface area (Å²) in [7, 11) is 0. The van der Waals surface area contributed by atoms with Crippen LogP contribution in [0.5, 0.6) is 0 Å². The number of imide groups is 1. The van der Waals surface area contributed by atoms with Gasteiger partial charge in [-0.1, -0.05) is 17.7 Å². The summed E-state index contributed by atoms with van der Waals surface area (Å²) in [6.45, 7) is 1.99. The summed E-state index contributed by atoms with van der Waals surface area (Å²) in [4.78, 5) is 26.4. The van der Waals surface area contributed by atoms with Gasteiger partial charge in [-0.3, -0.25) is 9.59 Å². The second-order valence-electron chi connectivity index (χ2n) is 5.69. The first-order chi connectivity index (χ1) is 9.16. The Labute approximate surface area is 111 Å². The molecule has 3 aliphatic rings. The van der Waals surface area contributed by atoms with Gasteiger partial charge in [-0.2, -0.15) is 0 Å². The summed E-state index contributed by atoms with van der Waals surface area (Å²) < 4.78 is 5.72. The fourth-order valence-corrected chi connectivity index (χ4v) is 3.66. The van der Waals surface area contributed by atoms with Gasteiger partial charge in [0.1, 0.15) is 0 Å². The number of hydrogen-bond acceptors (Lipinski definition) is 3. The number of nitrogens with zero attached hydrogens (tertiary/aromatic N) is 1. The van der Waals surface area contributed by atoms with Gasteiger partial charge in [-0.25, -0.2) is 4.90 Å². The zero-order chi connectivity index (χ0) is 13.1. The zero-order valence-corrected chi connectivity index (χ0v) is 10.7. The van der Waals surface area contributed by atoms with Gasteiger partial charge in [-0.15, -0.1) is 0 Å². The molecule has 0 aromatic heterocycles. The molecule has 98 valence electrons. The maximum Gasteiger partial charge on any atom is 0.240 e. The van der Waals surface area contributed by atoms with E-state index in [4.69, 9.17) is 4.74 Å².